The lowest BCUT2D eigenvalue weighted by Crippen LogP contribution is -2.15. The van der Waals surface area contributed by atoms with Gasteiger partial charge >= 0.3 is 0 Å². The normalized spacial score (nSPS) is 15.7. The Kier molecular flexibility index (Phi) is 3.55. The molecule has 1 saturated carbocycles. The Morgan fingerprint density at radius 3 is 2.25 bits per heavy atom. The maximum atomic E-state index is 12.7. The number of ketones is 1. The molecule has 102 valence electrons. The summed E-state index contributed by atoms with van der Waals surface area (Å²) in [5, 5.41) is 0. The lowest BCUT2D eigenvalue weighted by Gasteiger charge is -2.16. The molecule has 2 nitrogen and oxygen atoms in total. The summed E-state index contributed by atoms with van der Waals surface area (Å²) in [7, 11) is 1.66. The summed E-state index contributed by atoms with van der Waals surface area (Å²) >= 11 is 0. The van der Waals surface area contributed by atoms with Crippen LogP contribution in [0.1, 0.15) is 34.7 Å². The van der Waals surface area contributed by atoms with E-state index >= 15 is 0 Å². The average Bonchev–Trinajstić information content (AvgIpc) is 3.34. The van der Waals surface area contributed by atoms with Crippen molar-refractivity contribution in [2.75, 3.05) is 7.11 Å². The fraction of sp³-hybridized carbons (Fsp3) is 0.278. The Morgan fingerprint density at radius 1 is 1.05 bits per heavy atom. The summed E-state index contributed by atoms with van der Waals surface area (Å²) in [6, 6.07) is 17.5. The van der Waals surface area contributed by atoms with E-state index in [-0.39, 0.29) is 11.7 Å². The van der Waals surface area contributed by atoms with Gasteiger partial charge in [0.05, 0.1) is 13.0 Å². The molecule has 0 spiro atoms. The Bertz CT molecular complexity index is 583. The van der Waals surface area contributed by atoms with Gasteiger partial charge in [0.2, 0.25) is 0 Å². The standard InChI is InChI=1S/C18H18O2/c1-20-16-11-9-14(10-12-16)17(13-7-8-13)18(19)15-5-3-2-4-6-15/h2-6,9-13,17H,7-8H2,1H3. The number of ether oxygens (including phenoxy) is 1. The first-order valence-electron chi connectivity index (χ1n) is 7.03. The molecule has 1 unspecified atom stereocenters. The lowest BCUT2D eigenvalue weighted by molar-refractivity contribution is 0.0949. The van der Waals surface area contributed by atoms with Gasteiger partial charge in [0.15, 0.2) is 5.78 Å². The lowest BCUT2D eigenvalue weighted by atomic mass is 9.87. The van der Waals surface area contributed by atoms with Crippen LogP contribution in [0.5, 0.6) is 5.75 Å². The summed E-state index contributed by atoms with van der Waals surface area (Å²) in [6.45, 7) is 0. The molecule has 0 amide bonds. The summed E-state index contributed by atoms with van der Waals surface area (Å²) in [5.74, 6) is 1.55. The van der Waals surface area contributed by atoms with Crippen molar-refractivity contribution in [2.24, 2.45) is 5.92 Å². The number of carbonyl (C=O) groups excluding carboxylic acids is 1. The van der Waals surface area contributed by atoms with E-state index in [4.69, 9.17) is 4.74 Å². The van der Waals surface area contributed by atoms with Gasteiger partial charge in [-0.3, -0.25) is 4.79 Å². The van der Waals surface area contributed by atoms with Crippen LogP contribution in [-0.2, 0) is 0 Å². The molecule has 0 radical (unpaired) electrons. The zero-order chi connectivity index (χ0) is 13.9. The van der Waals surface area contributed by atoms with E-state index in [2.05, 4.69) is 0 Å². The van der Waals surface area contributed by atoms with E-state index < -0.39 is 0 Å². The second-order valence-corrected chi connectivity index (χ2v) is 5.32. The predicted molar refractivity (Wildman–Crippen MR) is 79.2 cm³/mol. The van der Waals surface area contributed by atoms with Crippen LogP contribution in [0, 0.1) is 5.92 Å². The van der Waals surface area contributed by atoms with Gasteiger partial charge in [-0.05, 0) is 36.5 Å². The zero-order valence-corrected chi connectivity index (χ0v) is 11.6. The Hall–Kier alpha value is -2.09. The second kappa shape index (κ2) is 5.49. The van der Waals surface area contributed by atoms with Crippen LogP contribution >= 0.6 is 0 Å². The Balaban J connectivity index is 1.90. The van der Waals surface area contributed by atoms with E-state index in [0.29, 0.717) is 5.92 Å². The van der Waals surface area contributed by atoms with Gasteiger partial charge < -0.3 is 4.74 Å². The van der Waals surface area contributed by atoms with E-state index in [1.807, 2.05) is 54.6 Å². The SMILES string of the molecule is COc1ccc(C(C(=O)c2ccccc2)C2CC2)cc1. The third-order valence-corrected chi connectivity index (χ3v) is 3.91. The number of carbonyl (C=O) groups is 1. The van der Waals surface area contributed by atoms with Crippen LogP contribution in [0.15, 0.2) is 54.6 Å². The molecule has 2 aromatic carbocycles. The topological polar surface area (TPSA) is 26.3 Å². The highest BCUT2D eigenvalue weighted by atomic mass is 16.5. The van der Waals surface area contributed by atoms with Crippen LogP contribution in [0.25, 0.3) is 0 Å². The maximum Gasteiger partial charge on any atom is 0.170 e. The first-order valence-corrected chi connectivity index (χ1v) is 7.03. The monoisotopic (exact) mass is 266 g/mol. The molecule has 0 saturated heterocycles. The Morgan fingerprint density at radius 2 is 1.70 bits per heavy atom. The molecule has 0 aliphatic heterocycles. The summed E-state index contributed by atoms with van der Waals surface area (Å²) < 4.78 is 5.19. The number of benzene rings is 2. The fourth-order valence-electron chi connectivity index (χ4n) is 2.66. The van der Waals surface area contributed by atoms with E-state index in [1.165, 1.54) is 0 Å². The molecular weight excluding hydrogens is 248 g/mol. The molecule has 0 aromatic heterocycles. The van der Waals surface area contributed by atoms with Crippen molar-refractivity contribution in [1.29, 1.82) is 0 Å². The smallest absolute Gasteiger partial charge is 0.170 e. The molecule has 20 heavy (non-hydrogen) atoms. The molecule has 2 heteroatoms. The van der Waals surface area contributed by atoms with Gasteiger partial charge in [0.25, 0.3) is 0 Å². The van der Waals surface area contributed by atoms with Crippen LogP contribution in [0.4, 0.5) is 0 Å². The van der Waals surface area contributed by atoms with Crippen LogP contribution in [0.2, 0.25) is 0 Å². The third-order valence-electron chi connectivity index (χ3n) is 3.91. The van der Waals surface area contributed by atoms with Gasteiger partial charge in [-0.25, -0.2) is 0 Å². The first kappa shape index (κ1) is 12.9. The summed E-state index contributed by atoms with van der Waals surface area (Å²) in [6.07, 6.45) is 2.30. The van der Waals surface area contributed by atoms with E-state index in [0.717, 1.165) is 29.7 Å². The molecule has 1 aliphatic rings. The highest BCUT2D eigenvalue weighted by Gasteiger charge is 2.37. The summed E-state index contributed by atoms with van der Waals surface area (Å²) in [5.41, 5.74) is 1.90. The molecule has 1 fully saturated rings. The molecule has 1 atom stereocenters. The highest BCUT2D eigenvalue weighted by molar-refractivity contribution is 6.01. The molecule has 2 aromatic rings. The minimum Gasteiger partial charge on any atom is -0.497 e. The van der Waals surface area contributed by atoms with E-state index in [9.17, 15) is 4.79 Å². The highest BCUT2D eigenvalue weighted by Crippen LogP contribution is 2.44. The fourth-order valence-corrected chi connectivity index (χ4v) is 2.66. The summed E-state index contributed by atoms with van der Waals surface area (Å²) in [4.78, 5) is 12.7. The van der Waals surface area contributed by atoms with Crippen molar-refractivity contribution >= 4 is 5.78 Å². The van der Waals surface area contributed by atoms with Gasteiger partial charge in [0, 0.05) is 5.56 Å². The van der Waals surface area contributed by atoms with Crippen molar-refractivity contribution in [3.05, 3.63) is 65.7 Å². The quantitative estimate of drug-likeness (QED) is 0.762. The van der Waals surface area contributed by atoms with Gasteiger partial charge in [-0.15, -0.1) is 0 Å². The number of hydrogen-bond acceptors (Lipinski definition) is 2. The molecule has 0 heterocycles. The van der Waals surface area contributed by atoms with Crippen molar-refractivity contribution in [3.8, 4) is 5.75 Å². The molecule has 0 bridgehead atoms. The minimum absolute atomic E-state index is 0.0108. The number of methoxy groups -OCH3 is 1. The average molecular weight is 266 g/mol. The van der Waals surface area contributed by atoms with Gasteiger partial charge in [-0.1, -0.05) is 42.5 Å². The van der Waals surface area contributed by atoms with Crippen molar-refractivity contribution < 1.29 is 9.53 Å². The van der Waals surface area contributed by atoms with Gasteiger partial charge in [-0.2, -0.15) is 0 Å². The first-order chi connectivity index (χ1) is 9.79. The number of Topliss-reactive ketones (excluding diaryl/α,β-unsaturated/α-hetero) is 1. The maximum absolute atomic E-state index is 12.7. The van der Waals surface area contributed by atoms with E-state index in [1.54, 1.807) is 7.11 Å². The van der Waals surface area contributed by atoms with Crippen molar-refractivity contribution in [3.63, 3.8) is 0 Å². The molecular formula is C18H18O2. The van der Waals surface area contributed by atoms with Crippen molar-refractivity contribution in [2.45, 2.75) is 18.8 Å². The molecule has 3 rings (SSSR count). The molecule has 1 aliphatic carbocycles. The largest absolute Gasteiger partial charge is 0.497 e. The second-order valence-electron chi connectivity index (χ2n) is 5.32. The van der Waals surface area contributed by atoms with Crippen LogP contribution < -0.4 is 4.74 Å². The van der Waals surface area contributed by atoms with Crippen LogP contribution in [0.3, 0.4) is 0 Å². The number of hydrogen-bond donors (Lipinski definition) is 0. The minimum atomic E-state index is -0.0108. The number of rotatable bonds is 5. The van der Waals surface area contributed by atoms with Crippen LogP contribution in [-0.4, -0.2) is 12.9 Å². The third kappa shape index (κ3) is 2.60. The Labute approximate surface area is 119 Å². The molecule has 0 N–H and O–H groups in total. The zero-order valence-electron chi connectivity index (χ0n) is 11.6. The van der Waals surface area contributed by atoms with Gasteiger partial charge in [0.1, 0.15) is 5.75 Å². The predicted octanol–water partition coefficient (Wildman–Crippen LogP) is 4.07. The van der Waals surface area contributed by atoms with Crippen molar-refractivity contribution in [1.82, 2.24) is 0 Å².